The van der Waals surface area contributed by atoms with Crippen LogP contribution in [0.25, 0.3) is 0 Å². The summed E-state index contributed by atoms with van der Waals surface area (Å²) in [5, 5.41) is 0.423. The number of halogens is 3. The lowest BCUT2D eigenvalue weighted by Gasteiger charge is -2.20. The minimum absolute atomic E-state index is 0.243. The fourth-order valence-corrected chi connectivity index (χ4v) is 2.49. The Kier molecular flexibility index (Phi) is 6.41. The molecular formula is C12H16BrClFNO. The van der Waals surface area contributed by atoms with E-state index in [1.807, 2.05) is 11.9 Å². The number of rotatable bonds is 6. The molecule has 0 aliphatic heterocycles. The first-order valence-electron chi connectivity index (χ1n) is 5.28. The van der Waals surface area contributed by atoms with Crippen LogP contribution in [-0.2, 0) is 11.3 Å². The first kappa shape index (κ1) is 14.9. The molecule has 0 spiro atoms. The van der Waals surface area contributed by atoms with Gasteiger partial charge < -0.3 is 9.64 Å². The summed E-state index contributed by atoms with van der Waals surface area (Å²) in [6, 6.07) is 4.76. The molecule has 0 amide bonds. The lowest BCUT2D eigenvalue weighted by molar-refractivity contribution is 0.184. The van der Waals surface area contributed by atoms with Crippen LogP contribution in [0.2, 0.25) is 5.02 Å². The molecule has 0 saturated carbocycles. The van der Waals surface area contributed by atoms with E-state index in [0.717, 1.165) is 6.54 Å². The van der Waals surface area contributed by atoms with E-state index in [4.69, 9.17) is 16.3 Å². The largest absolute Gasteiger partial charge is 0.383 e. The normalized spacial score (nSPS) is 13.1. The topological polar surface area (TPSA) is 12.5 Å². The third-order valence-corrected chi connectivity index (χ3v) is 3.10. The maximum Gasteiger partial charge on any atom is 0.129 e. The molecule has 0 N–H and O–H groups in total. The molecule has 1 aromatic carbocycles. The summed E-state index contributed by atoms with van der Waals surface area (Å²) in [5.41, 5.74) is 0.647. The molecular weight excluding hydrogens is 308 g/mol. The van der Waals surface area contributed by atoms with E-state index in [9.17, 15) is 4.39 Å². The number of methoxy groups -OCH3 is 1. The molecule has 5 heteroatoms. The van der Waals surface area contributed by atoms with Crippen LogP contribution in [0.15, 0.2) is 18.2 Å². The first-order chi connectivity index (χ1) is 8.02. The van der Waals surface area contributed by atoms with Crippen LogP contribution in [0.1, 0.15) is 5.56 Å². The summed E-state index contributed by atoms with van der Waals surface area (Å²) >= 11 is 9.20. The Hall–Kier alpha value is -0.160. The fraction of sp³-hybridized carbons (Fsp3) is 0.500. The summed E-state index contributed by atoms with van der Waals surface area (Å²) in [7, 11) is 3.60. The van der Waals surface area contributed by atoms with Crippen molar-refractivity contribution >= 4 is 27.5 Å². The van der Waals surface area contributed by atoms with Crippen molar-refractivity contribution in [3.05, 3.63) is 34.6 Å². The van der Waals surface area contributed by atoms with E-state index in [2.05, 4.69) is 15.9 Å². The average Bonchev–Trinajstić information content (AvgIpc) is 2.22. The smallest absolute Gasteiger partial charge is 0.129 e. The van der Waals surface area contributed by atoms with E-state index in [1.54, 1.807) is 19.2 Å². The minimum Gasteiger partial charge on any atom is -0.383 e. The highest BCUT2D eigenvalue weighted by atomic mass is 79.9. The van der Waals surface area contributed by atoms with E-state index in [-0.39, 0.29) is 10.6 Å². The average molecular weight is 325 g/mol. The molecule has 0 saturated heterocycles. The molecule has 0 fully saturated rings. The van der Waals surface area contributed by atoms with Crippen LogP contribution in [0, 0.1) is 5.82 Å². The SMILES string of the molecule is COCC(Br)CN(C)Cc1ccc(Cl)cc1F. The second kappa shape index (κ2) is 7.31. The summed E-state index contributed by atoms with van der Waals surface area (Å²) in [6.45, 7) is 1.97. The van der Waals surface area contributed by atoms with E-state index >= 15 is 0 Å². The molecule has 1 rings (SSSR count). The molecule has 0 aromatic heterocycles. The quantitative estimate of drug-likeness (QED) is 0.744. The van der Waals surface area contributed by atoms with Crippen molar-refractivity contribution in [1.82, 2.24) is 4.90 Å². The van der Waals surface area contributed by atoms with Crippen molar-refractivity contribution in [2.45, 2.75) is 11.4 Å². The zero-order valence-electron chi connectivity index (χ0n) is 9.92. The van der Waals surface area contributed by atoms with Gasteiger partial charge in [0.05, 0.1) is 11.4 Å². The molecule has 2 nitrogen and oxygen atoms in total. The molecule has 0 heterocycles. The first-order valence-corrected chi connectivity index (χ1v) is 6.57. The van der Waals surface area contributed by atoms with Crippen LogP contribution in [0.5, 0.6) is 0 Å². The summed E-state index contributed by atoms with van der Waals surface area (Å²) in [4.78, 5) is 2.28. The molecule has 0 radical (unpaired) electrons. The van der Waals surface area contributed by atoms with E-state index < -0.39 is 0 Å². The predicted molar refractivity (Wildman–Crippen MR) is 72.3 cm³/mol. The molecule has 1 unspecified atom stereocenters. The monoisotopic (exact) mass is 323 g/mol. The second-order valence-electron chi connectivity index (χ2n) is 3.99. The van der Waals surface area contributed by atoms with Gasteiger partial charge in [-0.25, -0.2) is 4.39 Å². The van der Waals surface area contributed by atoms with E-state index in [0.29, 0.717) is 23.7 Å². The van der Waals surface area contributed by atoms with Gasteiger partial charge >= 0.3 is 0 Å². The summed E-state index contributed by atoms with van der Waals surface area (Å²) in [6.07, 6.45) is 0. The van der Waals surface area contributed by atoms with E-state index in [1.165, 1.54) is 6.07 Å². The molecule has 1 atom stereocenters. The van der Waals surface area contributed by atoms with Gasteiger partial charge in [-0.2, -0.15) is 0 Å². The van der Waals surface area contributed by atoms with Crippen LogP contribution < -0.4 is 0 Å². The predicted octanol–water partition coefficient (Wildman–Crippen LogP) is 3.32. The highest BCUT2D eigenvalue weighted by Gasteiger charge is 2.10. The van der Waals surface area contributed by atoms with Crippen molar-refractivity contribution < 1.29 is 9.13 Å². The van der Waals surface area contributed by atoms with Crippen molar-refractivity contribution in [3.8, 4) is 0 Å². The van der Waals surface area contributed by atoms with Gasteiger partial charge in [-0.15, -0.1) is 0 Å². The van der Waals surface area contributed by atoms with Crippen molar-refractivity contribution in [2.24, 2.45) is 0 Å². The van der Waals surface area contributed by atoms with Crippen molar-refractivity contribution in [1.29, 1.82) is 0 Å². The zero-order chi connectivity index (χ0) is 12.8. The molecule has 0 aliphatic rings. The van der Waals surface area contributed by atoms with Crippen molar-refractivity contribution in [3.63, 3.8) is 0 Å². The van der Waals surface area contributed by atoms with Gasteiger partial charge in [-0.3, -0.25) is 0 Å². The Labute approximate surface area is 115 Å². The highest BCUT2D eigenvalue weighted by Crippen LogP contribution is 2.16. The van der Waals surface area contributed by atoms with Gasteiger partial charge in [0, 0.05) is 30.8 Å². The number of alkyl halides is 1. The minimum atomic E-state index is -0.262. The maximum atomic E-state index is 13.5. The second-order valence-corrected chi connectivity index (χ2v) is 5.72. The van der Waals surface area contributed by atoms with Crippen LogP contribution >= 0.6 is 27.5 Å². The van der Waals surface area contributed by atoms with Crippen LogP contribution in [-0.4, -0.2) is 37.0 Å². The van der Waals surface area contributed by atoms with Gasteiger partial charge in [0.2, 0.25) is 0 Å². The number of nitrogens with zero attached hydrogens (tertiary/aromatic N) is 1. The van der Waals surface area contributed by atoms with Crippen molar-refractivity contribution in [2.75, 3.05) is 27.3 Å². The number of hydrogen-bond acceptors (Lipinski definition) is 2. The Morgan fingerprint density at radius 3 is 2.82 bits per heavy atom. The van der Waals surface area contributed by atoms with Gasteiger partial charge in [0.15, 0.2) is 0 Å². The number of ether oxygens (including phenoxy) is 1. The molecule has 0 bridgehead atoms. The summed E-state index contributed by atoms with van der Waals surface area (Å²) in [5.74, 6) is -0.262. The Morgan fingerprint density at radius 2 is 2.24 bits per heavy atom. The summed E-state index contributed by atoms with van der Waals surface area (Å²) < 4.78 is 18.6. The lowest BCUT2D eigenvalue weighted by Crippen LogP contribution is -2.28. The number of hydrogen-bond donors (Lipinski definition) is 0. The standard InChI is InChI=1S/C12H16BrClFNO/c1-16(7-10(13)8-17-2)6-9-3-4-11(14)5-12(9)15/h3-5,10H,6-8H2,1-2H3. The number of benzene rings is 1. The van der Waals surface area contributed by atoms with Crippen LogP contribution in [0.3, 0.4) is 0 Å². The zero-order valence-corrected chi connectivity index (χ0v) is 12.3. The molecule has 1 aromatic rings. The third kappa shape index (κ3) is 5.34. The fourth-order valence-electron chi connectivity index (χ4n) is 1.58. The molecule has 17 heavy (non-hydrogen) atoms. The van der Waals surface area contributed by atoms with Gasteiger partial charge in [0.25, 0.3) is 0 Å². The molecule has 96 valence electrons. The Bertz CT molecular complexity index is 364. The van der Waals surface area contributed by atoms with Gasteiger partial charge in [-0.1, -0.05) is 33.6 Å². The highest BCUT2D eigenvalue weighted by molar-refractivity contribution is 9.09. The van der Waals surface area contributed by atoms with Gasteiger partial charge in [-0.05, 0) is 19.2 Å². The van der Waals surface area contributed by atoms with Gasteiger partial charge in [0.1, 0.15) is 5.82 Å². The Morgan fingerprint density at radius 1 is 1.53 bits per heavy atom. The maximum absolute atomic E-state index is 13.5. The Balaban J connectivity index is 2.52. The molecule has 0 aliphatic carbocycles. The van der Waals surface area contributed by atoms with Crippen LogP contribution in [0.4, 0.5) is 4.39 Å². The third-order valence-electron chi connectivity index (χ3n) is 2.31. The lowest BCUT2D eigenvalue weighted by atomic mass is 10.2.